The molecule has 4 aliphatic carbocycles. The van der Waals surface area contributed by atoms with Crippen LogP contribution in [0.4, 0.5) is 0 Å². The van der Waals surface area contributed by atoms with E-state index in [0.29, 0.717) is 5.41 Å². The van der Waals surface area contributed by atoms with Gasteiger partial charge in [0, 0.05) is 5.92 Å². The molecule has 0 aliphatic heterocycles. The number of hydrogen-bond acceptors (Lipinski definition) is 1. The monoisotopic (exact) mass is 303 g/mol. The summed E-state index contributed by atoms with van der Waals surface area (Å²) in [5, 5.41) is 0. The first-order valence-corrected chi connectivity index (χ1v) is 9.76. The van der Waals surface area contributed by atoms with Crippen molar-refractivity contribution in [2.24, 2.45) is 46.2 Å². The number of hydrogen-bond donors (Lipinski definition) is 1. The zero-order valence-corrected chi connectivity index (χ0v) is 14.4. The molecule has 4 rings (SSSR count). The van der Waals surface area contributed by atoms with Gasteiger partial charge >= 0.3 is 0 Å². The molecule has 0 aromatic carbocycles. The number of primary amides is 1. The summed E-state index contributed by atoms with van der Waals surface area (Å²) in [6.45, 7) is 5.02. The maximum Gasteiger partial charge on any atom is 0.221 e. The number of nitrogens with two attached hydrogens (primary N) is 1. The first kappa shape index (κ1) is 15.0. The second-order valence-electron chi connectivity index (χ2n) is 9.48. The highest BCUT2D eigenvalue weighted by Crippen LogP contribution is 2.67. The molecule has 4 saturated carbocycles. The van der Waals surface area contributed by atoms with Gasteiger partial charge in [0.05, 0.1) is 0 Å². The molecule has 0 spiro atoms. The molecule has 2 unspecified atom stereocenters. The van der Waals surface area contributed by atoms with Gasteiger partial charge in [0.2, 0.25) is 5.91 Å². The van der Waals surface area contributed by atoms with Crippen molar-refractivity contribution in [2.45, 2.75) is 78.1 Å². The molecule has 1 amide bonds. The summed E-state index contributed by atoms with van der Waals surface area (Å²) in [7, 11) is 0. The van der Waals surface area contributed by atoms with Crippen molar-refractivity contribution in [1.29, 1.82) is 0 Å². The molecule has 4 fully saturated rings. The molecular weight excluding hydrogens is 270 g/mol. The minimum absolute atomic E-state index is 0.0268. The zero-order chi connectivity index (χ0) is 15.5. The van der Waals surface area contributed by atoms with Crippen LogP contribution < -0.4 is 5.73 Å². The molecule has 4 aliphatic rings. The summed E-state index contributed by atoms with van der Waals surface area (Å²) in [6.07, 6.45) is 13.6. The molecule has 0 aromatic heterocycles. The molecular formula is C20H33NO. The normalized spacial score (nSPS) is 54.2. The lowest BCUT2D eigenvalue weighted by Gasteiger charge is -2.60. The smallest absolute Gasteiger partial charge is 0.221 e. The number of carbonyl (C=O) groups is 1. The zero-order valence-electron chi connectivity index (χ0n) is 14.4. The average Bonchev–Trinajstić information content (AvgIpc) is 2.84. The van der Waals surface area contributed by atoms with E-state index in [-0.39, 0.29) is 17.2 Å². The average molecular weight is 303 g/mol. The second kappa shape index (κ2) is 4.98. The van der Waals surface area contributed by atoms with E-state index in [1.807, 2.05) is 0 Å². The number of amides is 1. The summed E-state index contributed by atoms with van der Waals surface area (Å²) in [5.41, 5.74) is 6.57. The summed E-state index contributed by atoms with van der Waals surface area (Å²) >= 11 is 0. The Balaban J connectivity index is 1.63. The van der Waals surface area contributed by atoms with E-state index in [2.05, 4.69) is 13.8 Å². The Kier molecular flexibility index (Phi) is 3.40. The van der Waals surface area contributed by atoms with Gasteiger partial charge in [0.15, 0.2) is 0 Å². The molecule has 2 heteroatoms. The largest absolute Gasteiger partial charge is 0.369 e. The summed E-state index contributed by atoms with van der Waals surface area (Å²) in [4.78, 5) is 11.9. The van der Waals surface area contributed by atoms with Crippen molar-refractivity contribution in [3.05, 3.63) is 0 Å². The molecule has 0 saturated heterocycles. The van der Waals surface area contributed by atoms with Crippen LogP contribution in [-0.2, 0) is 4.79 Å². The van der Waals surface area contributed by atoms with Crippen LogP contribution in [0, 0.1) is 40.4 Å². The van der Waals surface area contributed by atoms with Crippen molar-refractivity contribution >= 4 is 5.91 Å². The Morgan fingerprint density at radius 2 is 1.64 bits per heavy atom. The molecule has 2 N–H and O–H groups in total. The van der Waals surface area contributed by atoms with Crippen LogP contribution in [-0.4, -0.2) is 5.91 Å². The van der Waals surface area contributed by atoms with Crippen LogP contribution in [0.25, 0.3) is 0 Å². The summed E-state index contributed by atoms with van der Waals surface area (Å²) in [6, 6.07) is 0. The van der Waals surface area contributed by atoms with Crippen molar-refractivity contribution in [3.8, 4) is 0 Å². The van der Waals surface area contributed by atoms with Crippen molar-refractivity contribution in [1.82, 2.24) is 0 Å². The quantitative estimate of drug-likeness (QED) is 0.760. The Morgan fingerprint density at radius 1 is 0.864 bits per heavy atom. The van der Waals surface area contributed by atoms with Crippen LogP contribution >= 0.6 is 0 Å². The van der Waals surface area contributed by atoms with Crippen LogP contribution in [0.15, 0.2) is 0 Å². The third-order valence-electron chi connectivity index (χ3n) is 8.93. The van der Waals surface area contributed by atoms with E-state index < -0.39 is 0 Å². The van der Waals surface area contributed by atoms with E-state index in [1.165, 1.54) is 57.8 Å². The predicted molar refractivity (Wildman–Crippen MR) is 89.0 cm³/mol. The molecule has 0 aromatic rings. The molecule has 0 bridgehead atoms. The minimum Gasteiger partial charge on any atom is -0.369 e. The van der Waals surface area contributed by atoms with E-state index in [1.54, 1.807) is 0 Å². The van der Waals surface area contributed by atoms with Gasteiger partial charge in [-0.1, -0.05) is 26.7 Å². The van der Waals surface area contributed by atoms with Gasteiger partial charge in [0.25, 0.3) is 0 Å². The maximum absolute atomic E-state index is 11.9. The summed E-state index contributed by atoms with van der Waals surface area (Å²) < 4.78 is 0. The van der Waals surface area contributed by atoms with Crippen LogP contribution in [0.5, 0.6) is 0 Å². The van der Waals surface area contributed by atoms with Crippen LogP contribution in [0.3, 0.4) is 0 Å². The fraction of sp³-hybridized carbons (Fsp3) is 0.950. The lowest BCUT2D eigenvalue weighted by atomic mass is 9.45. The minimum atomic E-state index is -0.0268. The van der Waals surface area contributed by atoms with E-state index in [0.717, 1.165) is 30.1 Å². The van der Waals surface area contributed by atoms with Gasteiger partial charge in [0.1, 0.15) is 0 Å². The fourth-order valence-electron chi connectivity index (χ4n) is 7.76. The Labute approximate surface area is 135 Å². The standard InChI is InChI=1S/C20H33NO/c1-19-11-4-3-5-13(19)6-7-14-15-8-9-17(18(21)22)20(15,2)12-10-16(14)19/h13-17H,3-12H2,1-2H3,(H2,21,22)/t13?,14-,15-,16-,17?,19-,20-/m0/s1. The van der Waals surface area contributed by atoms with Gasteiger partial charge in [-0.05, 0) is 85.9 Å². The van der Waals surface area contributed by atoms with E-state index in [4.69, 9.17) is 5.73 Å². The highest BCUT2D eigenvalue weighted by atomic mass is 16.1. The van der Waals surface area contributed by atoms with Crippen molar-refractivity contribution in [3.63, 3.8) is 0 Å². The molecule has 0 radical (unpaired) electrons. The summed E-state index contributed by atoms with van der Waals surface area (Å²) in [5.74, 6) is 3.68. The Hall–Kier alpha value is -0.530. The van der Waals surface area contributed by atoms with Gasteiger partial charge < -0.3 is 5.73 Å². The van der Waals surface area contributed by atoms with Gasteiger partial charge in [-0.2, -0.15) is 0 Å². The third kappa shape index (κ3) is 1.88. The SMILES string of the molecule is C[C@]12CCCCC1CC[C@@H]1[C@@H]2CC[C@]2(C)C(C(N)=O)CC[C@@H]12. The van der Waals surface area contributed by atoms with Crippen LogP contribution in [0.2, 0.25) is 0 Å². The first-order chi connectivity index (χ1) is 10.5. The highest BCUT2D eigenvalue weighted by molar-refractivity contribution is 5.78. The molecule has 2 nitrogen and oxygen atoms in total. The first-order valence-electron chi connectivity index (χ1n) is 9.76. The molecule has 0 heterocycles. The Bertz CT molecular complexity index is 474. The lowest BCUT2D eigenvalue weighted by molar-refractivity contribution is -0.134. The van der Waals surface area contributed by atoms with Crippen LogP contribution in [0.1, 0.15) is 78.1 Å². The molecule has 7 atom stereocenters. The van der Waals surface area contributed by atoms with Gasteiger partial charge in [-0.3, -0.25) is 4.79 Å². The topological polar surface area (TPSA) is 43.1 Å². The number of rotatable bonds is 1. The third-order valence-corrected chi connectivity index (χ3v) is 8.93. The van der Waals surface area contributed by atoms with Crippen molar-refractivity contribution in [2.75, 3.05) is 0 Å². The van der Waals surface area contributed by atoms with E-state index >= 15 is 0 Å². The fourth-order valence-corrected chi connectivity index (χ4v) is 7.76. The number of fused-ring (bicyclic) bond motifs is 5. The van der Waals surface area contributed by atoms with E-state index in [9.17, 15) is 4.79 Å². The Morgan fingerprint density at radius 3 is 2.41 bits per heavy atom. The maximum atomic E-state index is 11.9. The predicted octanol–water partition coefficient (Wildman–Crippen LogP) is 4.52. The molecule has 124 valence electrons. The van der Waals surface area contributed by atoms with Gasteiger partial charge in [-0.25, -0.2) is 0 Å². The second-order valence-corrected chi connectivity index (χ2v) is 9.48. The van der Waals surface area contributed by atoms with Crippen molar-refractivity contribution < 1.29 is 4.79 Å². The highest BCUT2D eigenvalue weighted by Gasteiger charge is 2.60. The lowest BCUT2D eigenvalue weighted by Crippen LogP contribution is -2.53. The number of carbonyl (C=O) groups excluding carboxylic acids is 1. The molecule has 22 heavy (non-hydrogen) atoms. The van der Waals surface area contributed by atoms with Gasteiger partial charge in [-0.15, -0.1) is 0 Å².